The van der Waals surface area contributed by atoms with Gasteiger partial charge in [-0.2, -0.15) is 0 Å². The molecule has 0 atom stereocenters. The average molecular weight is 443 g/mol. The molecule has 7 nitrogen and oxygen atoms in total. The van der Waals surface area contributed by atoms with Crippen molar-refractivity contribution in [1.29, 1.82) is 0 Å². The average Bonchev–Trinajstić information content (AvgIpc) is 3.12. The fourth-order valence-electron chi connectivity index (χ4n) is 3.93. The number of aromatic nitrogens is 1. The molecular formula is C26H26N4O3. The van der Waals surface area contributed by atoms with Gasteiger partial charge in [-0.05, 0) is 36.3 Å². The molecule has 0 saturated heterocycles. The Bertz CT molecular complexity index is 1220. The van der Waals surface area contributed by atoms with Crippen molar-refractivity contribution in [2.45, 2.75) is 6.42 Å². The summed E-state index contributed by atoms with van der Waals surface area (Å²) in [6.45, 7) is 0.0252. The lowest BCUT2D eigenvalue weighted by atomic mass is 9.94. The number of likely N-dealkylation sites (N-methyl/N-ethyl adjacent to an activating group) is 1. The normalized spacial score (nSPS) is 16.2. The van der Waals surface area contributed by atoms with E-state index in [-0.39, 0.29) is 18.4 Å². The first-order valence-electron chi connectivity index (χ1n) is 10.7. The second-order valence-electron chi connectivity index (χ2n) is 7.80. The lowest BCUT2D eigenvalue weighted by Crippen LogP contribution is -2.31. The predicted octanol–water partition coefficient (Wildman–Crippen LogP) is 3.75. The van der Waals surface area contributed by atoms with E-state index in [1.165, 1.54) is 4.90 Å². The molecule has 0 saturated carbocycles. The Morgan fingerprint density at radius 2 is 2.06 bits per heavy atom. The molecule has 2 N–H and O–H groups in total. The Morgan fingerprint density at radius 3 is 2.85 bits per heavy atom. The van der Waals surface area contributed by atoms with Crippen molar-refractivity contribution in [2.75, 3.05) is 33.1 Å². The number of nitrogens with zero attached hydrogens (tertiary/aromatic N) is 2. The molecule has 7 heteroatoms. The molecule has 33 heavy (non-hydrogen) atoms. The number of hydrogen-bond donors (Lipinski definition) is 2. The van der Waals surface area contributed by atoms with Gasteiger partial charge in [-0.15, -0.1) is 0 Å². The van der Waals surface area contributed by atoms with Gasteiger partial charge in [0.05, 0.1) is 24.9 Å². The number of methoxy groups -OCH3 is 1. The van der Waals surface area contributed by atoms with Gasteiger partial charge >= 0.3 is 0 Å². The predicted molar refractivity (Wildman–Crippen MR) is 129 cm³/mol. The van der Waals surface area contributed by atoms with Crippen molar-refractivity contribution in [3.05, 3.63) is 89.6 Å². The van der Waals surface area contributed by atoms with Crippen molar-refractivity contribution in [3.8, 4) is 11.1 Å². The van der Waals surface area contributed by atoms with E-state index in [0.717, 1.165) is 40.0 Å². The van der Waals surface area contributed by atoms with Crippen LogP contribution in [-0.4, -0.2) is 49.4 Å². The van der Waals surface area contributed by atoms with E-state index in [1.54, 1.807) is 32.5 Å². The number of carbonyl (C=O) groups excluding carboxylic acids is 2. The van der Waals surface area contributed by atoms with Gasteiger partial charge in [0.2, 0.25) is 5.91 Å². The topological polar surface area (TPSA) is 83.6 Å². The summed E-state index contributed by atoms with van der Waals surface area (Å²) in [5.74, 6) is 0.358. The molecule has 168 valence electrons. The van der Waals surface area contributed by atoms with E-state index in [4.69, 9.17) is 4.74 Å². The maximum absolute atomic E-state index is 12.8. The van der Waals surface area contributed by atoms with Crippen molar-refractivity contribution < 1.29 is 14.3 Å². The molecule has 2 aromatic rings. The fraction of sp³-hybridized carbons (Fsp3) is 0.192. The summed E-state index contributed by atoms with van der Waals surface area (Å²) in [7, 11) is 5.13. The number of benzene rings is 1. The van der Waals surface area contributed by atoms with Gasteiger partial charge in [0, 0.05) is 55.0 Å². The maximum Gasteiger partial charge on any atom is 0.256 e. The fourth-order valence-corrected chi connectivity index (χ4v) is 3.93. The Kier molecular flexibility index (Phi) is 6.40. The molecule has 0 radical (unpaired) electrons. The number of hydrogen-bond acceptors (Lipinski definition) is 5. The van der Waals surface area contributed by atoms with Crippen LogP contribution in [0.2, 0.25) is 0 Å². The van der Waals surface area contributed by atoms with Crippen LogP contribution in [0.4, 0.5) is 5.69 Å². The highest BCUT2D eigenvalue weighted by molar-refractivity contribution is 6.09. The molecule has 0 bridgehead atoms. The van der Waals surface area contributed by atoms with Crippen LogP contribution in [-0.2, 0) is 9.53 Å². The van der Waals surface area contributed by atoms with Gasteiger partial charge in [0.1, 0.15) is 5.76 Å². The number of ether oxygens (including phenoxy) is 1. The van der Waals surface area contributed by atoms with Gasteiger partial charge in [-0.1, -0.05) is 24.3 Å². The minimum atomic E-state index is -0.212. The molecule has 1 aromatic heterocycles. The highest BCUT2D eigenvalue weighted by Crippen LogP contribution is 2.33. The van der Waals surface area contributed by atoms with Gasteiger partial charge < -0.3 is 20.3 Å². The van der Waals surface area contributed by atoms with Crippen LogP contribution in [0.3, 0.4) is 0 Å². The van der Waals surface area contributed by atoms with Crippen LogP contribution in [0.15, 0.2) is 78.5 Å². The van der Waals surface area contributed by atoms with E-state index in [2.05, 4.69) is 27.8 Å². The van der Waals surface area contributed by atoms with Crippen molar-refractivity contribution >= 4 is 23.1 Å². The third kappa shape index (κ3) is 4.57. The molecule has 0 unspecified atom stereocenters. The van der Waals surface area contributed by atoms with E-state index < -0.39 is 0 Å². The third-order valence-corrected chi connectivity index (χ3v) is 5.54. The molecule has 2 aliphatic rings. The second-order valence-corrected chi connectivity index (χ2v) is 7.80. The Morgan fingerprint density at radius 1 is 1.21 bits per heavy atom. The minimum absolute atomic E-state index is 0.0252. The quantitative estimate of drug-likeness (QED) is 0.737. The zero-order valence-electron chi connectivity index (χ0n) is 18.9. The first kappa shape index (κ1) is 22.1. The zero-order valence-corrected chi connectivity index (χ0v) is 18.9. The molecule has 1 aliphatic heterocycles. The molecule has 2 amide bonds. The SMILES string of the molecule is CN/C=C(/C1=CCC=CC=C1OC)c1cncc(-c2ccc3c(c2)C(=O)N(C)CC(=O)N3)c1. The summed E-state index contributed by atoms with van der Waals surface area (Å²) < 4.78 is 5.63. The van der Waals surface area contributed by atoms with Crippen LogP contribution in [0.5, 0.6) is 0 Å². The third-order valence-electron chi connectivity index (χ3n) is 5.54. The lowest BCUT2D eigenvalue weighted by molar-refractivity contribution is -0.116. The largest absolute Gasteiger partial charge is 0.496 e. The van der Waals surface area contributed by atoms with Crippen molar-refractivity contribution in [2.24, 2.45) is 0 Å². The summed E-state index contributed by atoms with van der Waals surface area (Å²) >= 11 is 0. The molecule has 1 aliphatic carbocycles. The summed E-state index contributed by atoms with van der Waals surface area (Å²) in [5, 5.41) is 5.93. The van der Waals surface area contributed by atoms with Crippen LogP contribution >= 0.6 is 0 Å². The Hall–Kier alpha value is -4.13. The van der Waals surface area contributed by atoms with Gasteiger partial charge in [0.15, 0.2) is 0 Å². The summed E-state index contributed by atoms with van der Waals surface area (Å²) in [4.78, 5) is 30.7. The zero-order chi connectivity index (χ0) is 23.4. The number of anilines is 1. The lowest BCUT2D eigenvalue weighted by Gasteiger charge is -2.16. The molecule has 4 rings (SSSR count). The molecule has 0 fully saturated rings. The standard InChI is InChI=1S/C26H26N4O3/c1-27-15-22(20-7-5-4-6-8-24(20)33-3)19-11-18(13-28-14-19)17-9-10-23-21(12-17)26(32)30(2)16-25(31)29-23/h4,6-15,27H,5,16H2,1-3H3,(H,29,31)/b22-15+. The number of pyridine rings is 1. The van der Waals surface area contributed by atoms with Gasteiger partial charge in [-0.25, -0.2) is 0 Å². The van der Waals surface area contributed by atoms with Crippen molar-refractivity contribution in [3.63, 3.8) is 0 Å². The van der Waals surface area contributed by atoms with Crippen LogP contribution < -0.4 is 10.6 Å². The first-order valence-corrected chi connectivity index (χ1v) is 10.7. The molecular weight excluding hydrogens is 416 g/mol. The van der Waals surface area contributed by atoms with Crippen LogP contribution in [0.1, 0.15) is 22.3 Å². The highest BCUT2D eigenvalue weighted by atomic mass is 16.5. The van der Waals surface area contributed by atoms with Crippen LogP contribution in [0.25, 0.3) is 16.7 Å². The number of carbonyl (C=O) groups is 2. The van der Waals surface area contributed by atoms with E-state index in [0.29, 0.717) is 11.3 Å². The minimum Gasteiger partial charge on any atom is -0.496 e. The van der Waals surface area contributed by atoms with Crippen molar-refractivity contribution in [1.82, 2.24) is 15.2 Å². The number of allylic oxidation sites excluding steroid dienone is 5. The summed E-state index contributed by atoms with van der Waals surface area (Å²) in [6.07, 6.45) is 14.4. The smallest absolute Gasteiger partial charge is 0.256 e. The molecule has 2 heterocycles. The van der Waals surface area contributed by atoms with E-state index in [1.807, 2.05) is 43.7 Å². The molecule has 1 aromatic carbocycles. The van der Waals surface area contributed by atoms with Gasteiger partial charge in [-0.3, -0.25) is 14.6 Å². The number of rotatable bonds is 5. The summed E-state index contributed by atoms with van der Waals surface area (Å²) in [5.41, 5.74) is 5.49. The van der Waals surface area contributed by atoms with E-state index in [9.17, 15) is 9.59 Å². The molecule has 0 spiro atoms. The second kappa shape index (κ2) is 9.56. The highest BCUT2D eigenvalue weighted by Gasteiger charge is 2.24. The maximum atomic E-state index is 12.8. The Labute approximate surface area is 193 Å². The van der Waals surface area contributed by atoms with Gasteiger partial charge in [0.25, 0.3) is 5.91 Å². The first-order chi connectivity index (χ1) is 16.0. The van der Waals surface area contributed by atoms with E-state index >= 15 is 0 Å². The van der Waals surface area contributed by atoms with Crippen LogP contribution in [0, 0.1) is 0 Å². The number of nitrogens with one attached hydrogen (secondary N) is 2. The number of amides is 2. The Balaban J connectivity index is 1.76. The monoisotopic (exact) mass is 442 g/mol. The summed E-state index contributed by atoms with van der Waals surface area (Å²) in [6, 6.07) is 7.49. The number of fused-ring (bicyclic) bond motifs is 1.